The molecule has 0 aromatic heterocycles. The normalized spacial score (nSPS) is 0. The van der Waals surface area contributed by atoms with Crippen molar-refractivity contribution in [3.8, 4) is 0 Å². The fourth-order valence-corrected chi connectivity index (χ4v) is 0. The summed E-state index contributed by atoms with van der Waals surface area (Å²) in [5.74, 6) is 0. The fraction of sp³-hybridized carbons (Fsp3) is 0. The van der Waals surface area contributed by atoms with Crippen LogP contribution in [0, 0.1) is 0 Å². The molecule has 2 radical (unpaired) electrons. The molecular weight excluding hydrogens is 444 g/mol. The van der Waals surface area contributed by atoms with E-state index in [1.54, 1.807) is 0 Å². The van der Waals surface area contributed by atoms with Gasteiger partial charge in [-0.15, -0.1) is 0 Å². The van der Waals surface area contributed by atoms with Gasteiger partial charge in [0.15, 0.2) is 17.4 Å². The Balaban J connectivity index is 0. The van der Waals surface area contributed by atoms with Crippen LogP contribution in [-0.2, 0) is 19.5 Å². The first-order chi connectivity index (χ1) is 0. The minimum absolute atomic E-state index is 0. The zero-order valence-corrected chi connectivity index (χ0v) is 16.7. The van der Waals surface area contributed by atoms with E-state index in [0.29, 0.717) is 0 Å². The smallest absolute Gasteiger partial charge is 0 e. The van der Waals surface area contributed by atoms with E-state index in [9.17, 15) is 0 Å². The Bertz CT molecular complexity index is 17.7. The molecule has 5 heavy (non-hydrogen) atoms. The van der Waals surface area contributed by atoms with Gasteiger partial charge in [0.1, 0.15) is 0 Å². The first-order valence-corrected chi connectivity index (χ1v) is 0. The molecular formula is H10AlBiMgSnZn. The number of hydrogen-bond acceptors (Lipinski definition) is 0. The second-order valence-electron chi connectivity index (χ2n) is 0. The molecule has 0 aliphatic rings. The van der Waals surface area contributed by atoms with Crippen molar-refractivity contribution in [1.29, 1.82) is 0 Å². The molecule has 0 unspecified atom stereocenters. The predicted octanol–water partition coefficient (Wildman–Crippen LogP) is -3.44. The van der Waals surface area contributed by atoms with Gasteiger partial charge in [-0.3, -0.25) is 0 Å². The summed E-state index contributed by atoms with van der Waals surface area (Å²) in [6.45, 7) is 0. The molecule has 0 spiro atoms. The molecule has 0 bridgehead atoms. The van der Waals surface area contributed by atoms with Crippen LogP contribution in [0.15, 0.2) is 0 Å². The predicted molar refractivity (Wildman–Crippen MR) is 36.4 cm³/mol. The second kappa shape index (κ2) is 25.5. The van der Waals surface area contributed by atoms with Gasteiger partial charge in [0.2, 0.25) is 0 Å². The third-order valence-electron chi connectivity index (χ3n) is 0. The molecule has 0 N–H and O–H groups in total. The van der Waals surface area contributed by atoms with Gasteiger partial charge >= 0.3 is 73.2 Å². The maximum Gasteiger partial charge on any atom is 0 e. The first kappa shape index (κ1) is 38.3. The number of hydrogen-bond donors (Lipinski definition) is 0. The standard InChI is InChI=1S/Al.Bi.Mg.Sn.Zn.10H/q;;+2;;;;;;;;;;;2*-1. The molecule has 0 atom stereocenters. The summed E-state index contributed by atoms with van der Waals surface area (Å²) in [5, 5.41) is 0. The van der Waals surface area contributed by atoms with E-state index in [4.69, 9.17) is 0 Å². The Morgan fingerprint density at radius 2 is 1.20 bits per heavy atom. The van der Waals surface area contributed by atoms with Crippen molar-refractivity contribution in [1.82, 2.24) is 0 Å². The monoisotopic (exact) mass is 454 g/mol. The van der Waals surface area contributed by atoms with Crippen LogP contribution in [0.1, 0.15) is 2.85 Å². The third-order valence-corrected chi connectivity index (χ3v) is 0. The van der Waals surface area contributed by atoms with E-state index in [1.807, 2.05) is 0 Å². The van der Waals surface area contributed by atoms with Crippen LogP contribution in [0.25, 0.3) is 0 Å². The Kier molecular flexibility index (Phi) is 196. The molecule has 0 aliphatic carbocycles. The van der Waals surface area contributed by atoms with Gasteiger partial charge < -0.3 is 2.85 Å². The van der Waals surface area contributed by atoms with Crippen molar-refractivity contribution in [2.24, 2.45) is 0 Å². The summed E-state index contributed by atoms with van der Waals surface area (Å²) < 4.78 is 0. The average Bonchev–Trinajstić information content (AvgIpc) is 0. The largest absolute Gasteiger partial charge is 0 e. The third kappa shape index (κ3) is 18.4. The number of rotatable bonds is 0. The minimum Gasteiger partial charge on any atom is 0 e. The topological polar surface area (TPSA) is 0 Å². The fourth-order valence-electron chi connectivity index (χ4n) is 0. The van der Waals surface area contributed by atoms with Gasteiger partial charge in [-0.05, 0) is 0 Å². The average molecular weight is 454 g/mol. The Labute approximate surface area is 111 Å². The Hall–Kier alpha value is 3.60. The molecule has 0 aromatic rings. The van der Waals surface area contributed by atoms with Gasteiger partial charge in [0, 0.05) is 19.5 Å². The van der Waals surface area contributed by atoms with E-state index in [1.165, 1.54) is 0 Å². The molecule has 0 fully saturated rings. The van der Waals surface area contributed by atoms with Crippen LogP contribution >= 0.6 is 0 Å². The molecule has 0 rings (SSSR count). The van der Waals surface area contributed by atoms with Crippen molar-refractivity contribution < 1.29 is 22.3 Å². The minimum atomic E-state index is 0. The van der Waals surface area contributed by atoms with Crippen molar-refractivity contribution in [3.63, 3.8) is 0 Å². The molecule has 0 amide bonds. The van der Waals surface area contributed by atoms with Gasteiger partial charge in [0.05, 0.1) is 0 Å². The van der Waals surface area contributed by atoms with Crippen LogP contribution < -0.4 is 0 Å². The van der Waals surface area contributed by atoms with Crippen LogP contribution in [0.3, 0.4) is 0 Å². The quantitative estimate of drug-likeness (QED) is 0.335. The zero-order valence-electron chi connectivity index (χ0n) is 4.83. The zero-order chi connectivity index (χ0) is 0. The summed E-state index contributed by atoms with van der Waals surface area (Å²) in [6.07, 6.45) is 0. The van der Waals surface area contributed by atoms with Gasteiger partial charge in [-0.1, -0.05) is 0 Å². The maximum atomic E-state index is 0. The molecule has 0 aromatic carbocycles. The van der Waals surface area contributed by atoms with Crippen LogP contribution in [-0.4, -0.2) is 90.5 Å². The maximum absolute atomic E-state index is 0. The van der Waals surface area contributed by atoms with E-state index >= 15 is 0 Å². The first-order valence-electron chi connectivity index (χ1n) is 0. The molecule has 0 saturated heterocycles. The van der Waals surface area contributed by atoms with Crippen molar-refractivity contribution in [3.05, 3.63) is 0 Å². The van der Waals surface area contributed by atoms with E-state index < -0.39 is 0 Å². The van der Waals surface area contributed by atoms with E-state index in [2.05, 4.69) is 0 Å². The summed E-state index contributed by atoms with van der Waals surface area (Å²) in [6, 6.07) is 0. The molecule has 0 heterocycles. The Morgan fingerprint density at radius 1 is 1.20 bits per heavy atom. The molecule has 5 heteroatoms. The molecule has 26 valence electrons. The van der Waals surface area contributed by atoms with Crippen LogP contribution in [0.2, 0.25) is 0 Å². The van der Waals surface area contributed by atoms with E-state index in [-0.39, 0.29) is 113 Å². The summed E-state index contributed by atoms with van der Waals surface area (Å²) >= 11 is 0. The van der Waals surface area contributed by atoms with Gasteiger partial charge in [0.25, 0.3) is 0 Å². The van der Waals surface area contributed by atoms with Crippen molar-refractivity contribution >= 4 is 90.5 Å². The molecule has 0 nitrogen and oxygen atoms in total. The summed E-state index contributed by atoms with van der Waals surface area (Å²) in [5.41, 5.74) is 0. The van der Waals surface area contributed by atoms with Crippen molar-refractivity contribution in [2.75, 3.05) is 0 Å². The van der Waals surface area contributed by atoms with Gasteiger partial charge in [-0.2, -0.15) is 0 Å². The van der Waals surface area contributed by atoms with Crippen LogP contribution in [0.4, 0.5) is 0 Å². The van der Waals surface area contributed by atoms with Crippen LogP contribution in [0.5, 0.6) is 0 Å². The second-order valence-corrected chi connectivity index (χ2v) is 0. The van der Waals surface area contributed by atoms with E-state index in [0.717, 1.165) is 0 Å². The summed E-state index contributed by atoms with van der Waals surface area (Å²) in [4.78, 5) is 0. The van der Waals surface area contributed by atoms with Gasteiger partial charge in [-0.25, -0.2) is 0 Å². The SMILES string of the molecule is [AlH3].[BiH3].[H-].[H-].[Mg+2].[SnH2].[Zn]. The van der Waals surface area contributed by atoms with Crippen molar-refractivity contribution in [2.45, 2.75) is 0 Å². The Morgan fingerprint density at radius 3 is 1.20 bits per heavy atom. The molecule has 0 aliphatic heterocycles. The molecule has 0 saturated carbocycles. The summed E-state index contributed by atoms with van der Waals surface area (Å²) in [7, 11) is 0.